The van der Waals surface area contributed by atoms with Crippen LogP contribution < -0.4 is 10.6 Å². The van der Waals surface area contributed by atoms with Crippen molar-refractivity contribution < 1.29 is 18.8 Å². The molecule has 0 unspecified atom stereocenters. The van der Waals surface area contributed by atoms with E-state index in [2.05, 4.69) is 20.6 Å². The number of imidazole rings is 1. The average Bonchev–Trinajstić information content (AvgIpc) is 3.42. The number of carbonyl (C=O) groups is 3. The van der Waals surface area contributed by atoms with E-state index in [4.69, 9.17) is 0 Å². The summed E-state index contributed by atoms with van der Waals surface area (Å²) in [5.41, 5.74) is 1.51. The maximum atomic E-state index is 14.6. The Morgan fingerprint density at radius 2 is 1.84 bits per heavy atom. The molecule has 3 heterocycles. The molecule has 3 amide bonds. The van der Waals surface area contributed by atoms with Crippen molar-refractivity contribution in [1.82, 2.24) is 19.3 Å². The molecule has 0 atom stereocenters. The summed E-state index contributed by atoms with van der Waals surface area (Å²) in [5, 5.41) is 5.55. The maximum absolute atomic E-state index is 14.6. The number of anilines is 2. The molecule has 2 N–H and O–H groups in total. The van der Waals surface area contributed by atoms with Gasteiger partial charge in [-0.3, -0.25) is 14.0 Å². The number of rotatable bonds is 4. The van der Waals surface area contributed by atoms with Crippen LogP contribution in [0.5, 0.6) is 0 Å². The Morgan fingerprint density at radius 1 is 1.06 bits per heavy atom. The summed E-state index contributed by atoms with van der Waals surface area (Å²) in [4.78, 5) is 45.9. The summed E-state index contributed by atoms with van der Waals surface area (Å²) in [7, 11) is 0. The van der Waals surface area contributed by atoms with Crippen molar-refractivity contribution in [3.63, 3.8) is 0 Å². The number of hydrogen-bond acceptors (Lipinski definition) is 5. The summed E-state index contributed by atoms with van der Waals surface area (Å²) in [6, 6.07) is 4.14. The Labute approximate surface area is 182 Å². The highest BCUT2D eigenvalue weighted by molar-refractivity contribution is 6.01. The van der Waals surface area contributed by atoms with Crippen LogP contribution in [0.4, 0.5) is 20.6 Å². The van der Waals surface area contributed by atoms with E-state index in [-0.39, 0.29) is 42.0 Å². The molecule has 32 heavy (non-hydrogen) atoms. The van der Waals surface area contributed by atoms with E-state index in [1.54, 1.807) is 27.8 Å². The molecule has 2 aromatic heterocycles. The zero-order chi connectivity index (χ0) is 22.2. The molecule has 0 radical (unpaired) electrons. The molecule has 0 bridgehead atoms. The van der Waals surface area contributed by atoms with Crippen molar-refractivity contribution in [1.29, 1.82) is 0 Å². The lowest BCUT2D eigenvalue weighted by Gasteiger charge is -2.22. The van der Waals surface area contributed by atoms with Gasteiger partial charge >= 0.3 is 6.03 Å². The zero-order valence-electron chi connectivity index (χ0n) is 17.2. The number of carbonyl (C=O) groups excluding carboxylic acids is 3. The van der Waals surface area contributed by atoms with Gasteiger partial charge in [-0.2, -0.15) is 0 Å². The van der Waals surface area contributed by atoms with Crippen molar-refractivity contribution in [3.05, 3.63) is 42.6 Å². The van der Waals surface area contributed by atoms with E-state index in [1.807, 2.05) is 0 Å². The number of likely N-dealkylation sites (tertiary alicyclic amines) is 1. The molecule has 2 aliphatic rings. The zero-order valence-corrected chi connectivity index (χ0v) is 17.2. The van der Waals surface area contributed by atoms with Gasteiger partial charge in [0.05, 0.1) is 23.5 Å². The van der Waals surface area contributed by atoms with Gasteiger partial charge < -0.3 is 15.5 Å². The first-order valence-corrected chi connectivity index (χ1v) is 10.5. The second-order valence-corrected chi connectivity index (χ2v) is 8.13. The number of aromatic nitrogens is 3. The first-order chi connectivity index (χ1) is 15.5. The van der Waals surface area contributed by atoms with Gasteiger partial charge in [-0.1, -0.05) is 0 Å². The molecule has 2 fully saturated rings. The predicted molar refractivity (Wildman–Crippen MR) is 115 cm³/mol. The van der Waals surface area contributed by atoms with Gasteiger partial charge in [0.25, 0.3) is 0 Å². The Kier molecular flexibility index (Phi) is 5.04. The minimum absolute atomic E-state index is 0.0823. The summed E-state index contributed by atoms with van der Waals surface area (Å²) >= 11 is 0. The summed E-state index contributed by atoms with van der Waals surface area (Å²) in [5.74, 6) is -0.583. The SMILES string of the molecule is O=C1CC(C(=O)Nc2cnc3nc(-c4cc(NC(=O)N5CCCC5)ccc4F)cn3c2)C1. The number of benzene rings is 1. The van der Waals surface area contributed by atoms with Gasteiger partial charge in [-0.15, -0.1) is 0 Å². The molecule has 0 spiro atoms. The molecule has 1 saturated heterocycles. The Morgan fingerprint density at radius 3 is 2.59 bits per heavy atom. The van der Waals surface area contributed by atoms with E-state index < -0.39 is 5.82 Å². The first-order valence-electron chi connectivity index (χ1n) is 10.5. The number of urea groups is 1. The second-order valence-electron chi connectivity index (χ2n) is 8.13. The van der Waals surface area contributed by atoms with E-state index >= 15 is 0 Å². The van der Waals surface area contributed by atoms with Crippen molar-refractivity contribution in [2.45, 2.75) is 25.7 Å². The highest BCUT2D eigenvalue weighted by atomic mass is 19.1. The Hall–Kier alpha value is -3.82. The Bertz CT molecular complexity index is 1230. The lowest BCUT2D eigenvalue weighted by atomic mass is 9.83. The van der Waals surface area contributed by atoms with E-state index in [0.717, 1.165) is 12.8 Å². The largest absolute Gasteiger partial charge is 0.325 e. The quantitative estimate of drug-likeness (QED) is 0.653. The van der Waals surface area contributed by atoms with Crippen molar-refractivity contribution in [3.8, 4) is 11.3 Å². The van der Waals surface area contributed by atoms with Crippen LogP contribution in [0.3, 0.4) is 0 Å². The fourth-order valence-electron chi connectivity index (χ4n) is 3.92. The third-order valence-corrected chi connectivity index (χ3v) is 5.78. The molecule has 3 aromatic rings. The van der Waals surface area contributed by atoms with Crippen LogP contribution in [0.15, 0.2) is 36.8 Å². The topological polar surface area (TPSA) is 109 Å². The molecule has 1 aliphatic carbocycles. The summed E-state index contributed by atoms with van der Waals surface area (Å²) in [6.07, 6.45) is 7.20. The summed E-state index contributed by atoms with van der Waals surface area (Å²) in [6.45, 7) is 1.43. The molecule has 9 nitrogen and oxygen atoms in total. The predicted octanol–water partition coefficient (Wildman–Crippen LogP) is 3.08. The number of nitrogens with one attached hydrogen (secondary N) is 2. The van der Waals surface area contributed by atoms with Crippen LogP contribution in [0.25, 0.3) is 17.0 Å². The highest BCUT2D eigenvalue weighted by Crippen LogP contribution is 2.27. The van der Waals surface area contributed by atoms with E-state index in [9.17, 15) is 18.8 Å². The lowest BCUT2D eigenvalue weighted by molar-refractivity contribution is -0.135. The monoisotopic (exact) mass is 436 g/mol. The van der Waals surface area contributed by atoms with Crippen molar-refractivity contribution >= 4 is 34.9 Å². The molecule has 164 valence electrons. The van der Waals surface area contributed by atoms with Gasteiger partial charge in [0.2, 0.25) is 11.7 Å². The van der Waals surface area contributed by atoms with Gasteiger partial charge in [-0.05, 0) is 31.0 Å². The number of Topliss-reactive ketones (excluding diaryl/α,β-unsaturated/α-hetero) is 1. The number of fused-ring (bicyclic) bond motifs is 1. The Balaban J connectivity index is 1.36. The molecular formula is C22H21FN6O3. The third-order valence-electron chi connectivity index (χ3n) is 5.78. The second kappa shape index (κ2) is 8.03. The number of hydrogen-bond donors (Lipinski definition) is 2. The third kappa shape index (κ3) is 3.91. The maximum Gasteiger partial charge on any atom is 0.321 e. The first kappa shape index (κ1) is 20.1. The number of halogens is 1. The number of ketones is 1. The van der Waals surface area contributed by atoms with Crippen LogP contribution >= 0.6 is 0 Å². The normalized spacial score (nSPS) is 16.3. The van der Waals surface area contributed by atoms with Crippen LogP contribution in [0.1, 0.15) is 25.7 Å². The molecular weight excluding hydrogens is 415 g/mol. The van der Waals surface area contributed by atoms with Crippen molar-refractivity contribution in [2.24, 2.45) is 5.92 Å². The van der Waals surface area contributed by atoms with E-state index in [1.165, 1.54) is 18.3 Å². The molecule has 5 rings (SSSR count). The summed E-state index contributed by atoms with van der Waals surface area (Å²) < 4.78 is 16.2. The smallest absolute Gasteiger partial charge is 0.321 e. The minimum atomic E-state index is -0.476. The van der Waals surface area contributed by atoms with Crippen LogP contribution in [0, 0.1) is 11.7 Å². The fraction of sp³-hybridized carbons (Fsp3) is 0.318. The van der Waals surface area contributed by atoms with Crippen molar-refractivity contribution in [2.75, 3.05) is 23.7 Å². The van der Waals surface area contributed by atoms with Crippen LogP contribution in [-0.4, -0.2) is 50.1 Å². The molecule has 10 heteroatoms. The number of nitrogens with zero attached hydrogens (tertiary/aromatic N) is 4. The fourth-order valence-corrected chi connectivity index (χ4v) is 3.92. The average molecular weight is 436 g/mol. The van der Waals surface area contributed by atoms with Crippen LogP contribution in [0.2, 0.25) is 0 Å². The molecule has 1 aromatic carbocycles. The number of amides is 3. The lowest BCUT2D eigenvalue weighted by Crippen LogP contribution is -2.34. The van der Waals surface area contributed by atoms with Gasteiger partial charge in [-0.25, -0.2) is 19.2 Å². The molecule has 1 saturated carbocycles. The van der Waals surface area contributed by atoms with Gasteiger partial charge in [0, 0.05) is 49.6 Å². The highest BCUT2D eigenvalue weighted by Gasteiger charge is 2.32. The molecule has 1 aliphatic heterocycles. The van der Waals surface area contributed by atoms with Crippen LogP contribution in [-0.2, 0) is 9.59 Å². The van der Waals surface area contributed by atoms with Gasteiger partial charge in [0.15, 0.2) is 0 Å². The van der Waals surface area contributed by atoms with Gasteiger partial charge in [0.1, 0.15) is 11.6 Å². The minimum Gasteiger partial charge on any atom is -0.325 e. The van der Waals surface area contributed by atoms with E-state index in [0.29, 0.717) is 35.9 Å². The standard InChI is InChI=1S/C22H21FN6O3/c23-18-4-3-14(26-22(32)28-5-1-2-6-28)9-17(18)19-12-29-11-15(10-24-21(29)27-19)25-20(31)13-7-16(30)8-13/h3-4,9-13H,1-2,5-8H2,(H,25,31)(H,26,32).